The van der Waals surface area contributed by atoms with E-state index in [1.807, 2.05) is 0 Å². The highest BCUT2D eigenvalue weighted by Gasteiger charge is 2.26. The third-order valence-corrected chi connectivity index (χ3v) is 3.84. The van der Waals surface area contributed by atoms with Gasteiger partial charge in [0, 0.05) is 0 Å². The first-order valence-electron chi connectivity index (χ1n) is 5.93. The Morgan fingerprint density at radius 3 is 2.73 bits per heavy atom. The molecule has 2 rings (SSSR count). The molecule has 2 atom stereocenters. The van der Waals surface area contributed by atoms with Crippen molar-refractivity contribution in [2.45, 2.75) is 39.5 Å². The maximum absolute atomic E-state index is 5.91. The largest absolute Gasteiger partial charge is 0.330 e. The number of hydrogen-bond acceptors (Lipinski definition) is 1. The van der Waals surface area contributed by atoms with Crippen LogP contribution >= 0.6 is 0 Å². The Morgan fingerprint density at radius 2 is 2.07 bits per heavy atom. The molecule has 1 nitrogen and oxygen atoms in total. The van der Waals surface area contributed by atoms with Crippen molar-refractivity contribution >= 4 is 0 Å². The molecule has 0 aromatic heterocycles. The molecule has 0 saturated carbocycles. The van der Waals surface area contributed by atoms with Crippen LogP contribution in [-0.4, -0.2) is 6.54 Å². The van der Waals surface area contributed by atoms with E-state index in [4.69, 9.17) is 5.73 Å². The van der Waals surface area contributed by atoms with Crippen molar-refractivity contribution in [3.63, 3.8) is 0 Å². The average molecular weight is 203 g/mol. The first-order chi connectivity index (χ1) is 7.13. The zero-order valence-corrected chi connectivity index (χ0v) is 10.0. The number of rotatable bonds is 1. The summed E-state index contributed by atoms with van der Waals surface area (Å²) in [6.07, 6.45) is 2.53. The van der Waals surface area contributed by atoms with E-state index in [-0.39, 0.29) is 0 Å². The Balaban J connectivity index is 2.52. The van der Waals surface area contributed by atoms with Crippen molar-refractivity contribution in [1.82, 2.24) is 0 Å². The zero-order chi connectivity index (χ0) is 11.0. The van der Waals surface area contributed by atoms with Crippen molar-refractivity contribution in [2.24, 2.45) is 11.7 Å². The predicted molar refractivity (Wildman–Crippen MR) is 65.2 cm³/mol. The summed E-state index contributed by atoms with van der Waals surface area (Å²) in [5.41, 5.74) is 11.8. The van der Waals surface area contributed by atoms with Gasteiger partial charge in [0.2, 0.25) is 0 Å². The summed E-state index contributed by atoms with van der Waals surface area (Å²) >= 11 is 0. The molecular formula is C14H21N. The third kappa shape index (κ3) is 1.81. The first-order valence-corrected chi connectivity index (χ1v) is 5.93. The summed E-state index contributed by atoms with van der Waals surface area (Å²) in [7, 11) is 0. The lowest BCUT2D eigenvalue weighted by molar-refractivity contribution is 0.407. The van der Waals surface area contributed by atoms with E-state index >= 15 is 0 Å². The third-order valence-electron chi connectivity index (χ3n) is 3.84. The lowest BCUT2D eigenvalue weighted by Gasteiger charge is -2.32. The maximum atomic E-state index is 5.91. The van der Waals surface area contributed by atoms with Crippen molar-refractivity contribution in [2.75, 3.05) is 6.54 Å². The van der Waals surface area contributed by atoms with E-state index in [9.17, 15) is 0 Å². The van der Waals surface area contributed by atoms with Gasteiger partial charge in [0.05, 0.1) is 0 Å². The van der Waals surface area contributed by atoms with Crippen LogP contribution in [-0.2, 0) is 6.42 Å². The number of aryl methyl sites for hydroxylation is 2. The van der Waals surface area contributed by atoms with Crippen molar-refractivity contribution < 1.29 is 0 Å². The Hall–Kier alpha value is -0.820. The molecule has 1 heteroatoms. The molecule has 0 amide bonds. The minimum absolute atomic E-state index is 0.576. The van der Waals surface area contributed by atoms with Crippen molar-refractivity contribution in [3.8, 4) is 0 Å². The van der Waals surface area contributed by atoms with Gasteiger partial charge in [-0.3, -0.25) is 0 Å². The maximum Gasteiger partial charge on any atom is -0.000556 e. The van der Waals surface area contributed by atoms with Crippen LogP contribution in [0, 0.1) is 19.8 Å². The highest BCUT2D eigenvalue weighted by atomic mass is 14.6. The summed E-state index contributed by atoms with van der Waals surface area (Å²) in [5.74, 6) is 1.32. The van der Waals surface area contributed by atoms with Gasteiger partial charge >= 0.3 is 0 Å². The lowest BCUT2D eigenvalue weighted by Crippen LogP contribution is -2.25. The monoisotopic (exact) mass is 203 g/mol. The Labute approximate surface area is 92.7 Å². The van der Waals surface area contributed by atoms with Crippen LogP contribution in [0.2, 0.25) is 0 Å². The molecule has 1 aromatic rings. The normalized spacial score (nSPS) is 25.1. The SMILES string of the molecule is Cc1cc(C)c2c(c1)C(CN)C(C)CC2. The molecule has 82 valence electrons. The Bertz CT molecular complexity index is 368. The second kappa shape index (κ2) is 3.97. The summed E-state index contributed by atoms with van der Waals surface area (Å²) in [6.45, 7) is 7.53. The predicted octanol–water partition coefficient (Wildman–Crippen LogP) is 2.93. The van der Waals surface area contributed by atoms with Crippen LogP contribution in [0.25, 0.3) is 0 Å². The molecule has 1 aromatic carbocycles. The number of nitrogens with two attached hydrogens (primary N) is 1. The number of hydrogen-bond donors (Lipinski definition) is 1. The fourth-order valence-corrected chi connectivity index (χ4v) is 2.94. The van der Waals surface area contributed by atoms with Gasteiger partial charge in [-0.15, -0.1) is 0 Å². The molecule has 0 radical (unpaired) electrons. The average Bonchev–Trinajstić information content (AvgIpc) is 2.17. The van der Waals surface area contributed by atoms with Crippen LogP contribution < -0.4 is 5.73 Å². The topological polar surface area (TPSA) is 26.0 Å². The smallest absolute Gasteiger partial charge is 0.000556 e. The van der Waals surface area contributed by atoms with Gasteiger partial charge in [-0.1, -0.05) is 24.6 Å². The summed E-state index contributed by atoms with van der Waals surface area (Å²) < 4.78 is 0. The number of fused-ring (bicyclic) bond motifs is 1. The molecule has 0 saturated heterocycles. The molecule has 1 aliphatic rings. The van der Waals surface area contributed by atoms with Crippen LogP contribution in [0.5, 0.6) is 0 Å². The summed E-state index contributed by atoms with van der Waals surface area (Å²) in [6, 6.07) is 4.64. The van der Waals surface area contributed by atoms with E-state index in [0.29, 0.717) is 5.92 Å². The zero-order valence-electron chi connectivity index (χ0n) is 10.0. The van der Waals surface area contributed by atoms with Gasteiger partial charge in [0.15, 0.2) is 0 Å². The van der Waals surface area contributed by atoms with E-state index in [1.165, 1.54) is 29.5 Å². The molecule has 2 N–H and O–H groups in total. The van der Waals surface area contributed by atoms with Gasteiger partial charge in [0.1, 0.15) is 0 Å². The summed E-state index contributed by atoms with van der Waals surface area (Å²) in [5, 5.41) is 0. The van der Waals surface area contributed by atoms with Gasteiger partial charge in [-0.2, -0.15) is 0 Å². The molecule has 0 spiro atoms. The molecule has 0 heterocycles. The molecule has 15 heavy (non-hydrogen) atoms. The van der Waals surface area contributed by atoms with Gasteiger partial charge in [-0.25, -0.2) is 0 Å². The molecule has 0 aliphatic heterocycles. The van der Waals surface area contributed by atoms with Gasteiger partial charge < -0.3 is 5.73 Å². The second-order valence-electron chi connectivity index (χ2n) is 5.01. The minimum atomic E-state index is 0.576. The Morgan fingerprint density at radius 1 is 1.33 bits per heavy atom. The molecule has 0 fully saturated rings. The van der Waals surface area contributed by atoms with Crippen LogP contribution in [0.1, 0.15) is 41.5 Å². The van der Waals surface area contributed by atoms with Gasteiger partial charge in [-0.05, 0) is 61.8 Å². The van der Waals surface area contributed by atoms with Gasteiger partial charge in [0.25, 0.3) is 0 Å². The number of benzene rings is 1. The molecule has 1 aliphatic carbocycles. The molecular weight excluding hydrogens is 182 g/mol. The highest BCUT2D eigenvalue weighted by molar-refractivity contribution is 5.42. The van der Waals surface area contributed by atoms with E-state index in [0.717, 1.165) is 12.5 Å². The van der Waals surface area contributed by atoms with E-state index in [1.54, 1.807) is 5.56 Å². The van der Waals surface area contributed by atoms with Crippen molar-refractivity contribution in [3.05, 3.63) is 34.4 Å². The fraction of sp³-hybridized carbons (Fsp3) is 0.571. The van der Waals surface area contributed by atoms with Crippen molar-refractivity contribution in [1.29, 1.82) is 0 Å². The quantitative estimate of drug-likeness (QED) is 0.746. The van der Waals surface area contributed by atoms with E-state index < -0.39 is 0 Å². The van der Waals surface area contributed by atoms with Crippen LogP contribution in [0.3, 0.4) is 0 Å². The van der Waals surface area contributed by atoms with Crippen LogP contribution in [0.15, 0.2) is 12.1 Å². The summed E-state index contributed by atoms with van der Waals surface area (Å²) in [4.78, 5) is 0. The van der Waals surface area contributed by atoms with Crippen LogP contribution in [0.4, 0.5) is 0 Å². The standard InChI is InChI=1S/C14H21N/c1-9-6-11(3)12-5-4-10(2)14(8-15)13(12)7-9/h6-7,10,14H,4-5,8,15H2,1-3H3. The lowest BCUT2D eigenvalue weighted by atomic mass is 9.74. The highest BCUT2D eigenvalue weighted by Crippen LogP contribution is 2.37. The fourth-order valence-electron chi connectivity index (χ4n) is 2.94. The van der Waals surface area contributed by atoms with E-state index in [2.05, 4.69) is 32.9 Å². The minimum Gasteiger partial charge on any atom is -0.330 e. The Kier molecular flexibility index (Phi) is 2.83. The molecule has 0 bridgehead atoms. The first kappa shape index (κ1) is 10.7. The second-order valence-corrected chi connectivity index (χ2v) is 5.01. The molecule has 2 unspecified atom stereocenters.